The van der Waals surface area contributed by atoms with E-state index in [-0.39, 0.29) is 12.1 Å². The molecule has 0 bridgehead atoms. The molecular formula is C15H21NO2. The van der Waals surface area contributed by atoms with Crippen LogP contribution in [0.2, 0.25) is 0 Å². The zero-order chi connectivity index (χ0) is 13.0. The van der Waals surface area contributed by atoms with E-state index in [1.165, 1.54) is 6.42 Å². The van der Waals surface area contributed by atoms with Gasteiger partial charge in [0.15, 0.2) is 0 Å². The zero-order valence-corrected chi connectivity index (χ0v) is 11.1. The first-order valence-corrected chi connectivity index (χ1v) is 6.68. The maximum absolute atomic E-state index is 11.7. The van der Waals surface area contributed by atoms with Gasteiger partial charge in [0.25, 0.3) is 0 Å². The normalized spacial score (nSPS) is 27.6. The molecule has 3 unspecified atom stereocenters. The van der Waals surface area contributed by atoms with Gasteiger partial charge in [0.1, 0.15) is 5.75 Å². The minimum absolute atomic E-state index is 0.257. The topological polar surface area (TPSA) is 38.3 Å². The molecule has 1 saturated carbocycles. The van der Waals surface area contributed by atoms with Gasteiger partial charge in [-0.2, -0.15) is 0 Å². The lowest BCUT2D eigenvalue weighted by atomic mass is 9.79. The summed E-state index contributed by atoms with van der Waals surface area (Å²) in [4.78, 5) is 11.7. The molecule has 1 aliphatic carbocycles. The highest BCUT2D eigenvalue weighted by atomic mass is 16.6. The average molecular weight is 247 g/mol. The minimum Gasteiger partial charge on any atom is -0.410 e. The molecule has 2 rings (SSSR count). The van der Waals surface area contributed by atoms with Crippen LogP contribution in [0.3, 0.4) is 0 Å². The van der Waals surface area contributed by atoms with Gasteiger partial charge in [-0.15, -0.1) is 0 Å². The molecule has 0 aromatic heterocycles. The maximum atomic E-state index is 11.7. The van der Waals surface area contributed by atoms with E-state index < -0.39 is 0 Å². The molecule has 3 atom stereocenters. The van der Waals surface area contributed by atoms with Crippen molar-refractivity contribution in [3.8, 4) is 5.75 Å². The molecule has 1 amide bonds. The molecule has 0 heterocycles. The third-order valence-electron chi connectivity index (χ3n) is 3.87. The summed E-state index contributed by atoms with van der Waals surface area (Å²) in [5.74, 6) is 2.01. The summed E-state index contributed by atoms with van der Waals surface area (Å²) in [6.45, 7) is 4.53. The van der Waals surface area contributed by atoms with Crippen LogP contribution in [0.4, 0.5) is 4.79 Å². The highest BCUT2D eigenvalue weighted by Crippen LogP contribution is 2.29. The summed E-state index contributed by atoms with van der Waals surface area (Å²) in [7, 11) is 0. The highest BCUT2D eigenvalue weighted by Gasteiger charge is 2.25. The minimum atomic E-state index is -0.340. The molecule has 98 valence electrons. The van der Waals surface area contributed by atoms with Gasteiger partial charge in [-0.25, -0.2) is 4.79 Å². The van der Waals surface area contributed by atoms with Crippen molar-refractivity contribution < 1.29 is 9.53 Å². The van der Waals surface area contributed by atoms with Crippen molar-refractivity contribution in [1.82, 2.24) is 5.32 Å². The van der Waals surface area contributed by atoms with Gasteiger partial charge in [0.05, 0.1) is 0 Å². The maximum Gasteiger partial charge on any atom is 0.412 e. The number of para-hydroxylation sites is 1. The van der Waals surface area contributed by atoms with Crippen LogP contribution in [-0.2, 0) is 0 Å². The van der Waals surface area contributed by atoms with Crippen molar-refractivity contribution in [2.24, 2.45) is 11.8 Å². The third-order valence-corrected chi connectivity index (χ3v) is 3.87. The predicted molar refractivity (Wildman–Crippen MR) is 71.6 cm³/mol. The van der Waals surface area contributed by atoms with Crippen LogP contribution in [0.15, 0.2) is 30.3 Å². The van der Waals surface area contributed by atoms with E-state index >= 15 is 0 Å². The molecule has 1 aromatic carbocycles. The number of hydrogen-bond acceptors (Lipinski definition) is 2. The number of hydrogen-bond donors (Lipinski definition) is 1. The Labute approximate surface area is 109 Å². The van der Waals surface area contributed by atoms with Crippen molar-refractivity contribution in [2.45, 2.75) is 39.2 Å². The molecule has 0 radical (unpaired) electrons. The lowest BCUT2D eigenvalue weighted by Gasteiger charge is -2.32. The fourth-order valence-corrected chi connectivity index (χ4v) is 2.47. The van der Waals surface area contributed by atoms with E-state index in [4.69, 9.17) is 4.74 Å². The summed E-state index contributed by atoms with van der Waals surface area (Å²) >= 11 is 0. The first-order valence-electron chi connectivity index (χ1n) is 6.68. The Morgan fingerprint density at radius 1 is 1.17 bits per heavy atom. The second kappa shape index (κ2) is 5.89. The van der Waals surface area contributed by atoms with Crippen LogP contribution in [0.25, 0.3) is 0 Å². The van der Waals surface area contributed by atoms with Crippen LogP contribution in [0, 0.1) is 11.8 Å². The van der Waals surface area contributed by atoms with E-state index in [1.54, 1.807) is 12.1 Å². The van der Waals surface area contributed by atoms with E-state index in [0.717, 1.165) is 18.8 Å². The first-order chi connectivity index (χ1) is 8.65. The molecule has 0 saturated heterocycles. The van der Waals surface area contributed by atoms with E-state index in [1.807, 2.05) is 18.2 Å². The molecule has 0 aliphatic heterocycles. The Hall–Kier alpha value is -1.51. The summed E-state index contributed by atoms with van der Waals surface area (Å²) < 4.78 is 5.23. The Bertz CT molecular complexity index is 391. The smallest absolute Gasteiger partial charge is 0.410 e. The summed E-state index contributed by atoms with van der Waals surface area (Å²) in [5.41, 5.74) is 0. The molecule has 3 heteroatoms. The fraction of sp³-hybridized carbons (Fsp3) is 0.533. The Balaban J connectivity index is 1.81. The van der Waals surface area contributed by atoms with Crippen LogP contribution in [0.5, 0.6) is 5.75 Å². The van der Waals surface area contributed by atoms with Crippen molar-refractivity contribution in [1.29, 1.82) is 0 Å². The quantitative estimate of drug-likeness (QED) is 0.867. The monoisotopic (exact) mass is 247 g/mol. The van der Waals surface area contributed by atoms with Crippen LogP contribution >= 0.6 is 0 Å². The number of carbonyl (C=O) groups is 1. The number of rotatable bonds is 2. The summed E-state index contributed by atoms with van der Waals surface area (Å²) in [6.07, 6.45) is 2.94. The molecule has 1 aliphatic rings. The van der Waals surface area contributed by atoms with E-state index in [9.17, 15) is 4.79 Å². The molecule has 0 spiro atoms. The van der Waals surface area contributed by atoms with Gasteiger partial charge in [0.2, 0.25) is 0 Å². The molecule has 3 nitrogen and oxygen atoms in total. The fourth-order valence-electron chi connectivity index (χ4n) is 2.47. The van der Waals surface area contributed by atoms with E-state index in [2.05, 4.69) is 19.2 Å². The summed E-state index contributed by atoms with van der Waals surface area (Å²) in [5, 5.41) is 2.96. The molecule has 1 fully saturated rings. The van der Waals surface area contributed by atoms with Crippen molar-refractivity contribution >= 4 is 6.09 Å². The SMILES string of the molecule is CC1CCC(NC(=O)Oc2ccccc2)CC1C. The lowest BCUT2D eigenvalue weighted by Crippen LogP contribution is -2.41. The Morgan fingerprint density at radius 2 is 1.89 bits per heavy atom. The van der Waals surface area contributed by atoms with Crippen molar-refractivity contribution in [2.75, 3.05) is 0 Å². The number of ether oxygens (including phenoxy) is 1. The molecular weight excluding hydrogens is 226 g/mol. The molecule has 1 aromatic rings. The summed E-state index contributed by atoms with van der Waals surface area (Å²) in [6, 6.07) is 9.43. The van der Waals surface area contributed by atoms with Crippen LogP contribution in [-0.4, -0.2) is 12.1 Å². The third kappa shape index (κ3) is 3.49. The zero-order valence-electron chi connectivity index (χ0n) is 11.1. The average Bonchev–Trinajstić information content (AvgIpc) is 2.35. The van der Waals surface area contributed by atoms with Gasteiger partial charge in [-0.1, -0.05) is 32.0 Å². The predicted octanol–water partition coefficient (Wildman–Crippen LogP) is 3.60. The number of benzene rings is 1. The van der Waals surface area contributed by atoms with Gasteiger partial charge in [-0.05, 0) is 43.2 Å². The van der Waals surface area contributed by atoms with Gasteiger partial charge in [0, 0.05) is 6.04 Å². The van der Waals surface area contributed by atoms with Crippen LogP contribution in [0.1, 0.15) is 33.1 Å². The van der Waals surface area contributed by atoms with Gasteiger partial charge < -0.3 is 10.1 Å². The number of nitrogens with one attached hydrogen (secondary N) is 1. The second-order valence-electron chi connectivity index (χ2n) is 5.31. The van der Waals surface area contributed by atoms with Gasteiger partial charge >= 0.3 is 6.09 Å². The lowest BCUT2D eigenvalue weighted by molar-refractivity contribution is 0.178. The largest absolute Gasteiger partial charge is 0.412 e. The second-order valence-corrected chi connectivity index (χ2v) is 5.31. The van der Waals surface area contributed by atoms with Gasteiger partial charge in [-0.3, -0.25) is 0 Å². The first kappa shape index (κ1) is 12.9. The molecule has 1 N–H and O–H groups in total. The highest BCUT2D eigenvalue weighted by molar-refractivity contribution is 5.70. The Kier molecular flexibility index (Phi) is 4.24. The van der Waals surface area contributed by atoms with Crippen molar-refractivity contribution in [3.63, 3.8) is 0 Å². The number of amides is 1. The number of carbonyl (C=O) groups excluding carboxylic acids is 1. The standard InChI is InChI=1S/C15H21NO2/c1-11-8-9-13(10-12(11)2)16-15(17)18-14-6-4-3-5-7-14/h3-7,11-13H,8-10H2,1-2H3,(H,16,17). The van der Waals surface area contributed by atoms with Crippen LogP contribution < -0.4 is 10.1 Å². The molecule has 18 heavy (non-hydrogen) atoms. The van der Waals surface area contributed by atoms with E-state index in [0.29, 0.717) is 11.7 Å². The Morgan fingerprint density at radius 3 is 2.56 bits per heavy atom. The van der Waals surface area contributed by atoms with Crippen molar-refractivity contribution in [3.05, 3.63) is 30.3 Å².